The van der Waals surface area contributed by atoms with Crippen molar-refractivity contribution in [1.29, 1.82) is 0 Å². The predicted molar refractivity (Wildman–Crippen MR) is 106 cm³/mol. The van der Waals surface area contributed by atoms with Gasteiger partial charge in [-0.1, -0.05) is 35.9 Å². The molecular weight excluding hydrogens is 399 g/mol. The van der Waals surface area contributed by atoms with E-state index in [1.54, 1.807) is 30.3 Å². The summed E-state index contributed by atoms with van der Waals surface area (Å²) in [5, 5.41) is 4.71. The van der Waals surface area contributed by atoms with Crippen LogP contribution in [0.2, 0.25) is 5.02 Å². The van der Waals surface area contributed by atoms with Crippen LogP contribution in [-0.4, -0.2) is 14.6 Å². The Kier molecular flexibility index (Phi) is 4.13. The number of alkyl halides is 3. The Morgan fingerprint density at radius 3 is 2.31 bits per heavy atom. The number of hydrogen-bond donors (Lipinski definition) is 0. The van der Waals surface area contributed by atoms with E-state index in [0.717, 1.165) is 29.8 Å². The minimum atomic E-state index is -4.56. The highest BCUT2D eigenvalue weighted by Crippen LogP contribution is 2.34. The molecule has 0 saturated carbocycles. The number of hydrogen-bond acceptors (Lipinski definition) is 2. The lowest BCUT2D eigenvalue weighted by atomic mass is 10.0. The van der Waals surface area contributed by atoms with Crippen LogP contribution >= 0.6 is 11.6 Å². The van der Waals surface area contributed by atoms with Gasteiger partial charge in [0.15, 0.2) is 11.3 Å². The topological polar surface area (TPSA) is 30.2 Å². The van der Waals surface area contributed by atoms with Crippen LogP contribution in [0, 0.1) is 0 Å². The molecule has 2 heterocycles. The van der Waals surface area contributed by atoms with Gasteiger partial charge in [-0.15, -0.1) is 0 Å². The van der Waals surface area contributed by atoms with E-state index in [2.05, 4.69) is 10.1 Å². The number of halogens is 4. The summed E-state index contributed by atoms with van der Waals surface area (Å²) in [6.45, 7) is 0. The molecule has 0 bridgehead atoms. The number of nitrogens with zero attached hydrogens (tertiary/aromatic N) is 3. The molecule has 1 aliphatic carbocycles. The SMILES string of the molecule is FC(F)(F)c1cc(-c2ccc3c(c2)CCC3)nc2cc(-c3ccc(Cl)cc3)nn12. The van der Waals surface area contributed by atoms with Crippen molar-refractivity contribution in [3.8, 4) is 22.5 Å². The first-order chi connectivity index (χ1) is 13.9. The Hall–Kier alpha value is -2.86. The van der Waals surface area contributed by atoms with Gasteiger partial charge in [0.2, 0.25) is 0 Å². The molecule has 0 saturated heterocycles. The molecule has 4 aromatic rings. The maximum atomic E-state index is 13.8. The molecule has 2 aromatic carbocycles. The molecule has 29 heavy (non-hydrogen) atoms. The van der Waals surface area contributed by atoms with Crippen LogP contribution in [0.3, 0.4) is 0 Å². The summed E-state index contributed by atoms with van der Waals surface area (Å²) in [5.74, 6) is 0. The smallest absolute Gasteiger partial charge is 0.228 e. The van der Waals surface area contributed by atoms with Gasteiger partial charge in [0.1, 0.15) is 0 Å². The molecule has 0 unspecified atom stereocenters. The van der Waals surface area contributed by atoms with Gasteiger partial charge in [-0.2, -0.15) is 18.3 Å². The lowest BCUT2D eigenvalue weighted by molar-refractivity contribution is -0.142. The lowest BCUT2D eigenvalue weighted by Gasteiger charge is -2.11. The molecule has 146 valence electrons. The monoisotopic (exact) mass is 413 g/mol. The molecule has 7 heteroatoms. The maximum absolute atomic E-state index is 13.8. The average molecular weight is 414 g/mol. The predicted octanol–water partition coefficient (Wildman–Crippen LogP) is 6.22. The van der Waals surface area contributed by atoms with Crippen molar-refractivity contribution in [3.63, 3.8) is 0 Å². The number of benzene rings is 2. The Morgan fingerprint density at radius 1 is 0.828 bits per heavy atom. The number of rotatable bonds is 2. The fraction of sp³-hybridized carbons (Fsp3) is 0.182. The van der Waals surface area contributed by atoms with Crippen molar-refractivity contribution < 1.29 is 13.2 Å². The van der Waals surface area contributed by atoms with Crippen molar-refractivity contribution in [2.45, 2.75) is 25.4 Å². The van der Waals surface area contributed by atoms with Crippen molar-refractivity contribution in [2.75, 3.05) is 0 Å². The van der Waals surface area contributed by atoms with Crippen molar-refractivity contribution in [3.05, 3.63) is 76.4 Å². The molecule has 0 radical (unpaired) electrons. The zero-order valence-corrected chi connectivity index (χ0v) is 15.9. The van der Waals surface area contributed by atoms with Gasteiger partial charge in [-0.3, -0.25) is 0 Å². The minimum absolute atomic E-state index is 0.153. The van der Waals surface area contributed by atoms with Crippen LogP contribution < -0.4 is 0 Å². The largest absolute Gasteiger partial charge is 0.433 e. The van der Waals surface area contributed by atoms with E-state index in [4.69, 9.17) is 11.6 Å². The lowest BCUT2D eigenvalue weighted by Crippen LogP contribution is -2.13. The summed E-state index contributed by atoms with van der Waals surface area (Å²) in [7, 11) is 0. The first-order valence-electron chi connectivity index (χ1n) is 9.25. The van der Waals surface area contributed by atoms with Crippen LogP contribution in [0.4, 0.5) is 13.2 Å². The molecule has 5 rings (SSSR count). The maximum Gasteiger partial charge on any atom is 0.433 e. The van der Waals surface area contributed by atoms with Crippen LogP contribution in [0.5, 0.6) is 0 Å². The summed E-state index contributed by atoms with van der Waals surface area (Å²) < 4.78 is 42.2. The fourth-order valence-electron chi connectivity index (χ4n) is 3.82. The van der Waals surface area contributed by atoms with E-state index in [1.807, 2.05) is 18.2 Å². The average Bonchev–Trinajstić information content (AvgIpc) is 3.33. The Balaban J connectivity index is 1.69. The van der Waals surface area contributed by atoms with Gasteiger partial charge in [0, 0.05) is 22.2 Å². The third kappa shape index (κ3) is 3.27. The van der Waals surface area contributed by atoms with E-state index in [-0.39, 0.29) is 5.65 Å². The molecule has 0 N–H and O–H groups in total. The Labute approximate surface area is 169 Å². The number of fused-ring (bicyclic) bond motifs is 2. The number of aryl methyl sites for hydroxylation is 2. The van der Waals surface area contributed by atoms with Gasteiger partial charge in [0.05, 0.1) is 11.4 Å². The van der Waals surface area contributed by atoms with Gasteiger partial charge < -0.3 is 0 Å². The van der Waals surface area contributed by atoms with Crippen LogP contribution in [-0.2, 0) is 19.0 Å². The fourth-order valence-corrected chi connectivity index (χ4v) is 3.94. The zero-order chi connectivity index (χ0) is 20.2. The Bertz CT molecular complexity index is 1230. The van der Waals surface area contributed by atoms with Crippen molar-refractivity contribution in [1.82, 2.24) is 14.6 Å². The second-order valence-electron chi connectivity index (χ2n) is 7.17. The van der Waals surface area contributed by atoms with Crippen molar-refractivity contribution in [2.24, 2.45) is 0 Å². The normalized spacial score (nSPS) is 13.8. The van der Waals surface area contributed by atoms with E-state index in [0.29, 0.717) is 27.5 Å². The summed E-state index contributed by atoms with van der Waals surface area (Å²) in [4.78, 5) is 4.48. The zero-order valence-electron chi connectivity index (χ0n) is 15.2. The van der Waals surface area contributed by atoms with Gasteiger partial charge >= 0.3 is 6.18 Å². The quantitative estimate of drug-likeness (QED) is 0.390. The second-order valence-corrected chi connectivity index (χ2v) is 7.60. The Morgan fingerprint density at radius 2 is 1.55 bits per heavy atom. The van der Waals surface area contributed by atoms with Crippen LogP contribution in [0.1, 0.15) is 23.2 Å². The van der Waals surface area contributed by atoms with Gasteiger partial charge in [-0.25, -0.2) is 9.50 Å². The molecule has 0 amide bonds. The van der Waals surface area contributed by atoms with Crippen molar-refractivity contribution >= 4 is 17.2 Å². The molecule has 3 nitrogen and oxygen atoms in total. The first kappa shape index (κ1) is 18.2. The third-order valence-corrected chi connectivity index (χ3v) is 5.50. The highest BCUT2D eigenvalue weighted by molar-refractivity contribution is 6.30. The summed E-state index contributed by atoms with van der Waals surface area (Å²) >= 11 is 5.90. The standard InChI is InChI=1S/C22H15ClF3N3/c23-17-8-6-14(7-9-17)19-12-21-27-18(11-20(22(24,25)26)29(21)28-19)16-5-4-13-2-1-3-15(13)10-16/h4-12H,1-3H2. The summed E-state index contributed by atoms with van der Waals surface area (Å²) in [6.07, 6.45) is -1.52. The summed E-state index contributed by atoms with van der Waals surface area (Å²) in [6, 6.07) is 15.2. The van der Waals surface area contributed by atoms with Crippen LogP contribution in [0.15, 0.2) is 54.6 Å². The van der Waals surface area contributed by atoms with Crippen LogP contribution in [0.25, 0.3) is 28.2 Å². The molecule has 0 spiro atoms. The highest BCUT2D eigenvalue weighted by atomic mass is 35.5. The summed E-state index contributed by atoms with van der Waals surface area (Å²) in [5.41, 5.74) is 3.82. The molecule has 1 aliphatic rings. The van der Waals surface area contributed by atoms with E-state index in [1.165, 1.54) is 11.1 Å². The minimum Gasteiger partial charge on any atom is -0.228 e. The highest BCUT2D eigenvalue weighted by Gasteiger charge is 2.35. The van der Waals surface area contributed by atoms with E-state index >= 15 is 0 Å². The molecule has 2 aromatic heterocycles. The first-order valence-corrected chi connectivity index (χ1v) is 9.62. The van der Waals surface area contributed by atoms with Gasteiger partial charge in [-0.05, 0) is 54.7 Å². The van der Waals surface area contributed by atoms with Gasteiger partial charge in [0.25, 0.3) is 0 Å². The molecule has 0 aliphatic heterocycles. The molecular formula is C22H15ClF3N3. The number of aromatic nitrogens is 3. The van der Waals surface area contributed by atoms with E-state index in [9.17, 15) is 13.2 Å². The molecule has 0 fully saturated rings. The second kappa shape index (κ2) is 6.59. The third-order valence-electron chi connectivity index (χ3n) is 5.25. The molecule has 0 atom stereocenters. The van der Waals surface area contributed by atoms with E-state index < -0.39 is 11.9 Å².